The van der Waals surface area contributed by atoms with Crippen LogP contribution in [0.5, 0.6) is 0 Å². The van der Waals surface area contributed by atoms with Crippen molar-refractivity contribution in [2.75, 3.05) is 20.1 Å². The molecule has 1 aliphatic rings. The first-order valence-electron chi connectivity index (χ1n) is 6.41. The number of urea groups is 1. The molecule has 0 aromatic rings. The Hall–Kier alpha value is -1.10. The molecule has 1 aliphatic heterocycles. The van der Waals surface area contributed by atoms with E-state index in [9.17, 15) is 9.59 Å². The Bertz CT molecular complexity index is 260. The molecule has 0 aromatic heterocycles. The maximum Gasteiger partial charge on any atom is 0.321 e. The van der Waals surface area contributed by atoms with Crippen molar-refractivity contribution < 1.29 is 9.59 Å². The molecule has 2 N–H and O–H groups in total. The molecule has 0 spiro atoms. The van der Waals surface area contributed by atoms with E-state index < -0.39 is 6.03 Å². The van der Waals surface area contributed by atoms with Gasteiger partial charge in [-0.25, -0.2) is 4.79 Å². The van der Waals surface area contributed by atoms with Gasteiger partial charge in [-0.05, 0) is 32.9 Å². The number of hydrogen-bond acceptors (Lipinski definition) is 3. The summed E-state index contributed by atoms with van der Waals surface area (Å²) in [6.07, 6.45) is 6.04. The Morgan fingerprint density at radius 1 is 1.06 bits per heavy atom. The van der Waals surface area contributed by atoms with E-state index in [1.54, 1.807) is 0 Å². The fourth-order valence-corrected chi connectivity index (χ4v) is 2.10. The maximum atomic E-state index is 11.8. The SMILES string of the molecule is CNC(=O)NC(=O)[C@H](C)N1CCCCCCC1. The van der Waals surface area contributed by atoms with Crippen LogP contribution in [0.1, 0.15) is 39.0 Å². The Morgan fingerprint density at radius 3 is 2.12 bits per heavy atom. The van der Waals surface area contributed by atoms with Crippen LogP contribution in [0.2, 0.25) is 0 Å². The van der Waals surface area contributed by atoms with Gasteiger partial charge >= 0.3 is 6.03 Å². The molecule has 1 rings (SSSR count). The fraction of sp³-hybridized carbons (Fsp3) is 0.833. The monoisotopic (exact) mass is 241 g/mol. The summed E-state index contributed by atoms with van der Waals surface area (Å²) in [6.45, 7) is 3.75. The number of carbonyl (C=O) groups is 2. The summed E-state index contributed by atoms with van der Waals surface area (Å²) in [4.78, 5) is 25.0. The predicted molar refractivity (Wildman–Crippen MR) is 66.7 cm³/mol. The van der Waals surface area contributed by atoms with Gasteiger partial charge in [0.05, 0.1) is 6.04 Å². The molecule has 0 unspecified atom stereocenters. The number of carbonyl (C=O) groups excluding carboxylic acids is 2. The van der Waals surface area contributed by atoms with Crippen molar-refractivity contribution in [2.45, 2.75) is 45.1 Å². The first-order chi connectivity index (χ1) is 8.15. The van der Waals surface area contributed by atoms with Gasteiger partial charge in [0.25, 0.3) is 0 Å². The van der Waals surface area contributed by atoms with Gasteiger partial charge in [0.15, 0.2) is 0 Å². The van der Waals surface area contributed by atoms with Gasteiger partial charge in [-0.15, -0.1) is 0 Å². The molecule has 1 heterocycles. The van der Waals surface area contributed by atoms with Gasteiger partial charge in [-0.1, -0.05) is 19.3 Å². The van der Waals surface area contributed by atoms with Crippen molar-refractivity contribution in [3.8, 4) is 0 Å². The van der Waals surface area contributed by atoms with Crippen molar-refractivity contribution >= 4 is 11.9 Å². The summed E-state index contributed by atoms with van der Waals surface area (Å²) in [5, 5.41) is 4.72. The highest BCUT2D eigenvalue weighted by atomic mass is 16.2. The molecule has 1 atom stereocenters. The molecule has 0 bridgehead atoms. The zero-order valence-corrected chi connectivity index (χ0v) is 10.8. The molecule has 0 saturated carbocycles. The first-order valence-corrected chi connectivity index (χ1v) is 6.41. The van der Waals surface area contributed by atoms with Crippen molar-refractivity contribution in [3.05, 3.63) is 0 Å². The minimum absolute atomic E-state index is 0.218. The quantitative estimate of drug-likeness (QED) is 0.761. The summed E-state index contributed by atoms with van der Waals surface area (Å²) in [5.41, 5.74) is 0. The van der Waals surface area contributed by atoms with Gasteiger partial charge in [0.1, 0.15) is 0 Å². The van der Waals surface area contributed by atoms with Gasteiger partial charge in [0, 0.05) is 7.05 Å². The van der Waals surface area contributed by atoms with Crippen molar-refractivity contribution in [1.29, 1.82) is 0 Å². The minimum atomic E-state index is -0.436. The normalized spacial score (nSPS) is 19.9. The molecule has 5 heteroatoms. The number of imide groups is 1. The van der Waals surface area contributed by atoms with Crippen LogP contribution in [-0.4, -0.2) is 43.0 Å². The molecule has 17 heavy (non-hydrogen) atoms. The molecule has 3 amide bonds. The van der Waals surface area contributed by atoms with E-state index in [2.05, 4.69) is 15.5 Å². The highest BCUT2D eigenvalue weighted by Crippen LogP contribution is 2.12. The summed E-state index contributed by atoms with van der Waals surface area (Å²) >= 11 is 0. The van der Waals surface area contributed by atoms with E-state index in [0.717, 1.165) is 25.9 Å². The van der Waals surface area contributed by atoms with Gasteiger partial charge < -0.3 is 5.32 Å². The lowest BCUT2D eigenvalue weighted by atomic mass is 10.1. The average Bonchev–Trinajstić information content (AvgIpc) is 2.27. The topological polar surface area (TPSA) is 61.4 Å². The number of likely N-dealkylation sites (tertiary alicyclic amines) is 1. The van der Waals surface area contributed by atoms with E-state index in [0.29, 0.717) is 0 Å². The van der Waals surface area contributed by atoms with Crippen LogP contribution in [0.3, 0.4) is 0 Å². The lowest BCUT2D eigenvalue weighted by Crippen LogP contribution is -2.49. The predicted octanol–water partition coefficient (Wildman–Crippen LogP) is 1.10. The largest absolute Gasteiger partial charge is 0.341 e. The van der Waals surface area contributed by atoms with Crippen LogP contribution in [0.25, 0.3) is 0 Å². The van der Waals surface area contributed by atoms with Crippen molar-refractivity contribution in [1.82, 2.24) is 15.5 Å². The number of amides is 3. The molecule has 5 nitrogen and oxygen atoms in total. The third kappa shape index (κ3) is 4.73. The Morgan fingerprint density at radius 2 is 1.59 bits per heavy atom. The third-order valence-electron chi connectivity index (χ3n) is 3.28. The zero-order valence-electron chi connectivity index (χ0n) is 10.8. The van der Waals surface area contributed by atoms with Crippen molar-refractivity contribution in [2.24, 2.45) is 0 Å². The standard InChI is InChI=1S/C12H23N3O2/c1-10(11(16)14-12(17)13-2)15-8-6-4-3-5-7-9-15/h10H,3-9H2,1-2H3,(H2,13,14,16,17)/t10-/m0/s1. The Labute approximate surface area is 103 Å². The lowest BCUT2D eigenvalue weighted by Gasteiger charge is -2.29. The number of nitrogens with one attached hydrogen (secondary N) is 2. The fourth-order valence-electron chi connectivity index (χ4n) is 2.10. The molecule has 0 aliphatic carbocycles. The second-order valence-corrected chi connectivity index (χ2v) is 4.55. The smallest absolute Gasteiger partial charge is 0.321 e. The molecule has 0 radical (unpaired) electrons. The molecule has 1 fully saturated rings. The van der Waals surface area contributed by atoms with E-state index >= 15 is 0 Å². The highest BCUT2D eigenvalue weighted by Gasteiger charge is 2.22. The van der Waals surface area contributed by atoms with Crippen LogP contribution >= 0.6 is 0 Å². The zero-order chi connectivity index (χ0) is 12.7. The molecular weight excluding hydrogens is 218 g/mol. The van der Waals surface area contributed by atoms with Crippen LogP contribution < -0.4 is 10.6 Å². The first kappa shape index (κ1) is 14.0. The van der Waals surface area contributed by atoms with Crippen LogP contribution in [0.15, 0.2) is 0 Å². The van der Waals surface area contributed by atoms with E-state index in [1.165, 1.54) is 26.3 Å². The summed E-state index contributed by atoms with van der Waals surface area (Å²) in [5.74, 6) is -0.218. The highest BCUT2D eigenvalue weighted by molar-refractivity contribution is 5.96. The minimum Gasteiger partial charge on any atom is -0.341 e. The second-order valence-electron chi connectivity index (χ2n) is 4.55. The van der Waals surface area contributed by atoms with E-state index in [-0.39, 0.29) is 11.9 Å². The Balaban J connectivity index is 2.45. The Kier molecular flexibility index (Phi) is 5.97. The van der Waals surface area contributed by atoms with Gasteiger partial charge in [0.2, 0.25) is 5.91 Å². The molecular formula is C12H23N3O2. The van der Waals surface area contributed by atoms with Crippen LogP contribution in [-0.2, 0) is 4.79 Å². The van der Waals surface area contributed by atoms with Crippen LogP contribution in [0.4, 0.5) is 4.79 Å². The van der Waals surface area contributed by atoms with Gasteiger partial charge in [-0.2, -0.15) is 0 Å². The number of rotatable bonds is 2. The summed E-state index contributed by atoms with van der Waals surface area (Å²) in [6, 6.07) is -0.667. The second kappa shape index (κ2) is 7.27. The van der Waals surface area contributed by atoms with Crippen molar-refractivity contribution in [3.63, 3.8) is 0 Å². The maximum absolute atomic E-state index is 11.8. The van der Waals surface area contributed by atoms with Gasteiger partial charge in [-0.3, -0.25) is 15.0 Å². The average molecular weight is 241 g/mol. The lowest BCUT2D eigenvalue weighted by molar-refractivity contribution is -0.124. The number of nitrogens with zero attached hydrogens (tertiary/aromatic N) is 1. The van der Waals surface area contributed by atoms with E-state index in [1.807, 2.05) is 6.92 Å². The summed E-state index contributed by atoms with van der Waals surface area (Å²) < 4.78 is 0. The van der Waals surface area contributed by atoms with Crippen LogP contribution in [0, 0.1) is 0 Å². The third-order valence-corrected chi connectivity index (χ3v) is 3.28. The molecule has 98 valence electrons. The summed E-state index contributed by atoms with van der Waals surface area (Å²) in [7, 11) is 1.50. The van der Waals surface area contributed by atoms with E-state index in [4.69, 9.17) is 0 Å². The number of hydrogen-bond donors (Lipinski definition) is 2. The molecule has 1 saturated heterocycles. The molecule has 0 aromatic carbocycles.